The molecule has 2 rings (SSSR count). The van der Waals surface area contributed by atoms with Gasteiger partial charge in [-0.2, -0.15) is 0 Å². The van der Waals surface area contributed by atoms with E-state index < -0.39 is 5.97 Å². The third-order valence-electron chi connectivity index (χ3n) is 2.70. The maximum absolute atomic E-state index is 11.1. The molecule has 0 amide bonds. The van der Waals surface area contributed by atoms with Gasteiger partial charge in [-0.05, 0) is 30.3 Å². The number of pyridine rings is 1. The van der Waals surface area contributed by atoms with Crippen molar-refractivity contribution >= 4 is 17.3 Å². The molecule has 0 fully saturated rings. The largest absolute Gasteiger partial charge is 0.478 e. The Labute approximate surface area is 111 Å². The number of carbonyl (C=O) groups is 1. The molecule has 0 spiro atoms. The van der Waals surface area contributed by atoms with E-state index in [1.54, 1.807) is 18.3 Å². The van der Waals surface area contributed by atoms with Crippen LogP contribution < -0.4 is 11.1 Å². The minimum absolute atomic E-state index is 0.182. The molecule has 5 nitrogen and oxygen atoms in total. The molecule has 0 radical (unpaired) electrons. The summed E-state index contributed by atoms with van der Waals surface area (Å²) in [5, 5.41) is 12.2. The van der Waals surface area contributed by atoms with E-state index in [2.05, 4.69) is 10.3 Å². The summed E-state index contributed by atoms with van der Waals surface area (Å²) in [7, 11) is 0. The lowest BCUT2D eigenvalue weighted by molar-refractivity contribution is 0.0698. The summed E-state index contributed by atoms with van der Waals surface area (Å²) in [6, 6.07) is 10.5. The smallest absolute Gasteiger partial charge is 0.337 e. The molecule has 0 bridgehead atoms. The summed E-state index contributed by atoms with van der Waals surface area (Å²) in [5.41, 5.74) is 7.73. The van der Waals surface area contributed by atoms with Crippen LogP contribution in [0.15, 0.2) is 42.6 Å². The highest BCUT2D eigenvalue weighted by atomic mass is 16.4. The zero-order chi connectivity index (χ0) is 13.7. The quantitative estimate of drug-likeness (QED) is 0.713. The van der Waals surface area contributed by atoms with E-state index in [1.165, 1.54) is 6.07 Å². The van der Waals surface area contributed by atoms with Crippen molar-refractivity contribution in [3.63, 3.8) is 0 Å². The van der Waals surface area contributed by atoms with Crippen molar-refractivity contribution in [2.45, 2.75) is 6.42 Å². The van der Waals surface area contributed by atoms with Gasteiger partial charge in [-0.3, -0.25) is 4.98 Å². The van der Waals surface area contributed by atoms with Gasteiger partial charge in [0.1, 0.15) is 0 Å². The Kier molecular flexibility index (Phi) is 3.97. The maximum atomic E-state index is 11.1. The van der Waals surface area contributed by atoms with Crippen LogP contribution >= 0.6 is 0 Å². The maximum Gasteiger partial charge on any atom is 0.337 e. The zero-order valence-electron chi connectivity index (χ0n) is 10.3. The summed E-state index contributed by atoms with van der Waals surface area (Å²) in [6.45, 7) is 0.612. The van der Waals surface area contributed by atoms with Crippen molar-refractivity contribution in [2.75, 3.05) is 17.6 Å². The fourth-order valence-corrected chi connectivity index (χ4v) is 1.76. The number of rotatable bonds is 5. The number of benzene rings is 1. The lowest BCUT2D eigenvalue weighted by atomic mass is 10.1. The van der Waals surface area contributed by atoms with E-state index >= 15 is 0 Å². The molecule has 2 aromatic rings. The molecule has 0 unspecified atom stereocenters. The second-order valence-corrected chi connectivity index (χ2v) is 4.11. The summed E-state index contributed by atoms with van der Waals surface area (Å²) < 4.78 is 0. The molecule has 4 N–H and O–H groups in total. The molecule has 0 atom stereocenters. The Morgan fingerprint density at radius 1 is 1.32 bits per heavy atom. The molecule has 1 heterocycles. The molecule has 1 aromatic heterocycles. The van der Waals surface area contributed by atoms with Crippen LogP contribution in [-0.4, -0.2) is 22.6 Å². The Bertz CT molecular complexity index is 570. The molecule has 0 aliphatic carbocycles. The number of carboxylic acids is 1. The highest BCUT2D eigenvalue weighted by Gasteiger charge is 2.09. The van der Waals surface area contributed by atoms with Crippen molar-refractivity contribution in [3.05, 3.63) is 53.9 Å². The second kappa shape index (κ2) is 5.86. The van der Waals surface area contributed by atoms with Crippen LogP contribution in [0, 0.1) is 0 Å². The van der Waals surface area contributed by atoms with Gasteiger partial charge in [0.25, 0.3) is 0 Å². The lowest BCUT2D eigenvalue weighted by Crippen LogP contribution is -2.10. The van der Waals surface area contributed by atoms with Gasteiger partial charge in [0, 0.05) is 36.2 Å². The van der Waals surface area contributed by atoms with E-state index in [-0.39, 0.29) is 5.56 Å². The van der Waals surface area contributed by atoms with Gasteiger partial charge in [-0.25, -0.2) is 4.79 Å². The van der Waals surface area contributed by atoms with Crippen molar-refractivity contribution in [1.29, 1.82) is 0 Å². The summed E-state index contributed by atoms with van der Waals surface area (Å²) >= 11 is 0. The molecule has 0 saturated heterocycles. The van der Waals surface area contributed by atoms with Crippen LogP contribution in [0.5, 0.6) is 0 Å². The number of nitrogens with zero attached hydrogens (tertiary/aromatic N) is 1. The van der Waals surface area contributed by atoms with Crippen LogP contribution in [-0.2, 0) is 6.42 Å². The number of nitrogens with one attached hydrogen (secondary N) is 1. The summed E-state index contributed by atoms with van der Waals surface area (Å²) in [4.78, 5) is 15.3. The first kappa shape index (κ1) is 12.9. The molecule has 19 heavy (non-hydrogen) atoms. The highest BCUT2D eigenvalue weighted by molar-refractivity contribution is 5.95. The topological polar surface area (TPSA) is 88.2 Å². The third-order valence-corrected chi connectivity index (χ3v) is 2.70. The predicted octanol–water partition coefficient (Wildman–Crippen LogP) is 2.02. The van der Waals surface area contributed by atoms with Gasteiger partial charge in [-0.15, -0.1) is 0 Å². The fraction of sp³-hybridized carbons (Fsp3) is 0.143. The van der Waals surface area contributed by atoms with Gasteiger partial charge >= 0.3 is 5.97 Å². The minimum atomic E-state index is -0.993. The Morgan fingerprint density at radius 2 is 2.16 bits per heavy atom. The standard InChI is InChI=1S/C14H15N3O2/c15-10-4-5-13(12(9-10)14(18)19)17-8-6-11-3-1-2-7-16-11/h1-5,7,9,17H,6,8,15H2,(H,18,19). The molecule has 5 heteroatoms. The predicted molar refractivity (Wildman–Crippen MR) is 74.2 cm³/mol. The van der Waals surface area contributed by atoms with Crippen molar-refractivity contribution in [3.8, 4) is 0 Å². The molecular formula is C14H15N3O2. The van der Waals surface area contributed by atoms with Crippen molar-refractivity contribution in [2.24, 2.45) is 0 Å². The van der Waals surface area contributed by atoms with Gasteiger partial charge in [0.2, 0.25) is 0 Å². The molecule has 98 valence electrons. The number of nitrogens with two attached hydrogens (primary N) is 1. The SMILES string of the molecule is Nc1ccc(NCCc2ccccn2)c(C(=O)O)c1. The summed E-state index contributed by atoms with van der Waals surface area (Å²) in [5.74, 6) is -0.993. The van der Waals surface area contributed by atoms with E-state index in [0.717, 1.165) is 12.1 Å². The molecule has 1 aromatic carbocycles. The lowest BCUT2D eigenvalue weighted by Gasteiger charge is -2.10. The first-order valence-electron chi connectivity index (χ1n) is 5.93. The van der Waals surface area contributed by atoms with Gasteiger partial charge in [0.15, 0.2) is 0 Å². The van der Waals surface area contributed by atoms with Gasteiger partial charge < -0.3 is 16.2 Å². The average molecular weight is 257 g/mol. The monoisotopic (exact) mass is 257 g/mol. The number of aromatic nitrogens is 1. The summed E-state index contributed by atoms with van der Waals surface area (Å²) in [6.07, 6.45) is 2.46. The number of carboxylic acid groups (broad SMARTS) is 1. The van der Waals surface area contributed by atoms with Crippen LogP contribution in [0.1, 0.15) is 16.1 Å². The Morgan fingerprint density at radius 3 is 2.84 bits per heavy atom. The molecule has 0 aliphatic heterocycles. The van der Waals surface area contributed by atoms with E-state index in [9.17, 15) is 4.79 Å². The van der Waals surface area contributed by atoms with Crippen LogP contribution in [0.3, 0.4) is 0 Å². The first-order chi connectivity index (χ1) is 9.16. The Hall–Kier alpha value is -2.56. The van der Waals surface area contributed by atoms with Crippen molar-refractivity contribution < 1.29 is 9.90 Å². The van der Waals surface area contributed by atoms with Crippen LogP contribution in [0.25, 0.3) is 0 Å². The highest BCUT2D eigenvalue weighted by Crippen LogP contribution is 2.18. The van der Waals surface area contributed by atoms with Crippen LogP contribution in [0.4, 0.5) is 11.4 Å². The number of nitrogen functional groups attached to an aromatic ring is 1. The zero-order valence-corrected chi connectivity index (χ0v) is 10.3. The Balaban J connectivity index is 2.02. The van der Waals surface area contributed by atoms with Gasteiger partial charge in [0.05, 0.1) is 5.56 Å². The number of hydrogen-bond donors (Lipinski definition) is 3. The number of hydrogen-bond acceptors (Lipinski definition) is 4. The van der Waals surface area contributed by atoms with Crippen molar-refractivity contribution in [1.82, 2.24) is 4.98 Å². The molecular weight excluding hydrogens is 242 g/mol. The normalized spacial score (nSPS) is 10.1. The minimum Gasteiger partial charge on any atom is -0.478 e. The average Bonchev–Trinajstić information content (AvgIpc) is 2.41. The number of aromatic carboxylic acids is 1. The van der Waals surface area contributed by atoms with Crippen LogP contribution in [0.2, 0.25) is 0 Å². The second-order valence-electron chi connectivity index (χ2n) is 4.11. The van der Waals surface area contributed by atoms with E-state index in [0.29, 0.717) is 17.9 Å². The molecule has 0 aliphatic rings. The fourth-order valence-electron chi connectivity index (χ4n) is 1.76. The van der Waals surface area contributed by atoms with Gasteiger partial charge in [-0.1, -0.05) is 6.07 Å². The first-order valence-corrected chi connectivity index (χ1v) is 5.93. The molecule has 0 saturated carbocycles. The van der Waals surface area contributed by atoms with E-state index in [4.69, 9.17) is 10.8 Å². The third kappa shape index (κ3) is 3.45. The van der Waals surface area contributed by atoms with E-state index in [1.807, 2.05) is 18.2 Å². The number of anilines is 2.